The van der Waals surface area contributed by atoms with Crippen molar-refractivity contribution < 1.29 is 4.79 Å². The number of carbonyl (C=O) groups is 1. The minimum Gasteiger partial charge on any atom is -0.311 e. The normalized spacial score (nSPS) is 16.7. The molecule has 1 fully saturated rings. The minimum absolute atomic E-state index is 0.146. The maximum atomic E-state index is 11.4. The van der Waals surface area contributed by atoms with E-state index in [4.69, 9.17) is 11.6 Å². The summed E-state index contributed by atoms with van der Waals surface area (Å²) in [5, 5.41) is 0.540. The molecule has 0 atom stereocenters. The molecule has 2 heterocycles. The van der Waals surface area contributed by atoms with Gasteiger partial charge < -0.3 is 4.90 Å². The lowest BCUT2D eigenvalue weighted by atomic mass is 10.3. The fourth-order valence-corrected chi connectivity index (χ4v) is 1.71. The van der Waals surface area contributed by atoms with E-state index in [0.29, 0.717) is 11.4 Å². The van der Waals surface area contributed by atoms with Crippen molar-refractivity contribution in [2.24, 2.45) is 0 Å². The Kier molecular flexibility index (Phi) is 2.19. The highest BCUT2D eigenvalue weighted by atomic mass is 35.5. The Morgan fingerprint density at radius 1 is 1.54 bits per heavy atom. The Hall–Kier alpha value is -1.09. The zero-order valence-electron chi connectivity index (χ0n) is 7.03. The molecule has 1 aliphatic heterocycles. The van der Waals surface area contributed by atoms with E-state index >= 15 is 0 Å². The summed E-state index contributed by atoms with van der Waals surface area (Å²) in [5.41, 5.74) is 0.777. The molecule has 0 bridgehead atoms. The van der Waals surface area contributed by atoms with E-state index in [1.54, 1.807) is 23.4 Å². The molecular formula is C9H9ClN2O. The molecule has 3 nitrogen and oxygen atoms in total. The molecule has 1 aromatic rings. The molecule has 0 N–H and O–H groups in total. The molecule has 4 heteroatoms. The molecule has 68 valence electrons. The van der Waals surface area contributed by atoms with Crippen LogP contribution in [0.5, 0.6) is 0 Å². The quantitative estimate of drug-likeness (QED) is 0.687. The highest BCUT2D eigenvalue weighted by molar-refractivity contribution is 6.33. The van der Waals surface area contributed by atoms with Crippen LogP contribution in [0.25, 0.3) is 0 Å². The van der Waals surface area contributed by atoms with Crippen molar-refractivity contribution in [3.05, 3.63) is 23.5 Å². The maximum Gasteiger partial charge on any atom is 0.227 e. The Morgan fingerprint density at radius 3 is 3.00 bits per heavy atom. The van der Waals surface area contributed by atoms with Crippen LogP contribution in [0.4, 0.5) is 5.69 Å². The molecule has 0 unspecified atom stereocenters. The number of rotatable bonds is 1. The van der Waals surface area contributed by atoms with Gasteiger partial charge in [0, 0.05) is 25.4 Å². The van der Waals surface area contributed by atoms with Crippen molar-refractivity contribution >= 4 is 23.2 Å². The second-order valence-electron chi connectivity index (χ2n) is 2.98. The number of amides is 1. The van der Waals surface area contributed by atoms with Gasteiger partial charge in [-0.2, -0.15) is 0 Å². The Morgan fingerprint density at radius 2 is 2.38 bits per heavy atom. The van der Waals surface area contributed by atoms with E-state index in [9.17, 15) is 4.79 Å². The van der Waals surface area contributed by atoms with Gasteiger partial charge in [0.25, 0.3) is 0 Å². The van der Waals surface area contributed by atoms with Crippen molar-refractivity contribution in [1.29, 1.82) is 0 Å². The van der Waals surface area contributed by atoms with Crippen LogP contribution < -0.4 is 4.90 Å². The summed E-state index contributed by atoms with van der Waals surface area (Å²) < 4.78 is 0. The number of hydrogen-bond donors (Lipinski definition) is 0. The van der Waals surface area contributed by atoms with Crippen LogP contribution in [0.1, 0.15) is 12.8 Å². The lowest BCUT2D eigenvalue weighted by Crippen LogP contribution is -2.23. The van der Waals surface area contributed by atoms with E-state index in [0.717, 1.165) is 18.7 Å². The number of nitrogens with zero attached hydrogens (tertiary/aromatic N) is 2. The predicted molar refractivity (Wildman–Crippen MR) is 50.8 cm³/mol. The second-order valence-corrected chi connectivity index (χ2v) is 3.38. The molecular weight excluding hydrogens is 188 g/mol. The summed E-state index contributed by atoms with van der Waals surface area (Å²) in [6, 6.07) is 1.77. The Balaban J connectivity index is 2.34. The van der Waals surface area contributed by atoms with E-state index in [1.807, 2.05) is 0 Å². The first-order valence-electron chi connectivity index (χ1n) is 4.19. The van der Waals surface area contributed by atoms with Gasteiger partial charge in [-0.15, -0.1) is 0 Å². The average molecular weight is 197 g/mol. The second kappa shape index (κ2) is 3.34. The van der Waals surface area contributed by atoms with Crippen LogP contribution in [-0.2, 0) is 4.79 Å². The van der Waals surface area contributed by atoms with Gasteiger partial charge >= 0.3 is 0 Å². The molecule has 1 aliphatic rings. The smallest absolute Gasteiger partial charge is 0.227 e. The lowest BCUT2D eigenvalue weighted by molar-refractivity contribution is -0.117. The Bertz CT molecular complexity index is 340. The number of pyridine rings is 1. The van der Waals surface area contributed by atoms with Crippen molar-refractivity contribution in [2.75, 3.05) is 11.4 Å². The van der Waals surface area contributed by atoms with E-state index in [-0.39, 0.29) is 5.91 Å². The standard InChI is InChI=1S/C9H9ClN2O/c10-7-6-11-4-3-8(7)12-5-1-2-9(12)13/h3-4,6H,1-2,5H2. The summed E-state index contributed by atoms with van der Waals surface area (Å²) in [6.07, 6.45) is 4.74. The topological polar surface area (TPSA) is 33.2 Å². The largest absolute Gasteiger partial charge is 0.311 e. The maximum absolute atomic E-state index is 11.4. The van der Waals surface area contributed by atoms with Crippen LogP contribution in [0, 0.1) is 0 Å². The fourth-order valence-electron chi connectivity index (χ4n) is 1.49. The zero-order chi connectivity index (χ0) is 9.26. The number of halogens is 1. The third-order valence-electron chi connectivity index (χ3n) is 2.12. The minimum atomic E-state index is 0.146. The van der Waals surface area contributed by atoms with Gasteiger partial charge in [-0.05, 0) is 12.5 Å². The van der Waals surface area contributed by atoms with Crippen LogP contribution in [0.2, 0.25) is 5.02 Å². The molecule has 13 heavy (non-hydrogen) atoms. The number of anilines is 1. The van der Waals surface area contributed by atoms with Crippen molar-refractivity contribution in [3.63, 3.8) is 0 Å². The van der Waals surface area contributed by atoms with Crippen molar-refractivity contribution in [3.8, 4) is 0 Å². The van der Waals surface area contributed by atoms with Gasteiger partial charge in [0.2, 0.25) is 5.91 Å². The van der Waals surface area contributed by atoms with Crippen LogP contribution in [0.3, 0.4) is 0 Å². The first-order chi connectivity index (χ1) is 6.29. The summed E-state index contributed by atoms with van der Waals surface area (Å²) in [5.74, 6) is 0.146. The average Bonchev–Trinajstić information content (AvgIpc) is 2.52. The van der Waals surface area contributed by atoms with Crippen LogP contribution >= 0.6 is 11.6 Å². The molecule has 2 rings (SSSR count). The Labute approximate surface area is 81.3 Å². The van der Waals surface area contributed by atoms with Crippen LogP contribution in [0.15, 0.2) is 18.5 Å². The molecule has 0 radical (unpaired) electrons. The lowest BCUT2D eigenvalue weighted by Gasteiger charge is -2.16. The number of aromatic nitrogens is 1. The van der Waals surface area contributed by atoms with Crippen molar-refractivity contribution in [1.82, 2.24) is 4.98 Å². The van der Waals surface area contributed by atoms with Gasteiger partial charge in [0.1, 0.15) is 0 Å². The first-order valence-corrected chi connectivity index (χ1v) is 4.57. The number of hydrogen-bond acceptors (Lipinski definition) is 2. The third-order valence-corrected chi connectivity index (χ3v) is 2.41. The number of carbonyl (C=O) groups excluding carboxylic acids is 1. The first kappa shape index (κ1) is 8.51. The molecule has 0 spiro atoms. The van der Waals surface area contributed by atoms with Gasteiger partial charge in [-0.25, -0.2) is 0 Å². The van der Waals surface area contributed by atoms with Gasteiger partial charge in [-0.3, -0.25) is 9.78 Å². The zero-order valence-corrected chi connectivity index (χ0v) is 7.79. The molecule has 1 amide bonds. The molecule has 0 aliphatic carbocycles. The molecule has 0 aromatic carbocycles. The van der Waals surface area contributed by atoms with E-state index in [2.05, 4.69) is 4.98 Å². The van der Waals surface area contributed by atoms with Gasteiger partial charge in [0.15, 0.2) is 0 Å². The molecule has 1 saturated heterocycles. The fraction of sp³-hybridized carbons (Fsp3) is 0.333. The monoisotopic (exact) mass is 196 g/mol. The summed E-state index contributed by atoms with van der Waals surface area (Å²) in [6.45, 7) is 0.766. The van der Waals surface area contributed by atoms with E-state index in [1.165, 1.54) is 0 Å². The molecule has 1 aromatic heterocycles. The summed E-state index contributed by atoms with van der Waals surface area (Å²) in [4.78, 5) is 17.0. The molecule has 0 saturated carbocycles. The van der Waals surface area contributed by atoms with Gasteiger partial charge in [-0.1, -0.05) is 11.6 Å². The third kappa shape index (κ3) is 1.52. The van der Waals surface area contributed by atoms with Gasteiger partial charge in [0.05, 0.1) is 10.7 Å². The van der Waals surface area contributed by atoms with E-state index < -0.39 is 0 Å². The summed E-state index contributed by atoms with van der Waals surface area (Å²) >= 11 is 5.91. The van der Waals surface area contributed by atoms with Crippen LogP contribution in [-0.4, -0.2) is 17.4 Å². The highest BCUT2D eigenvalue weighted by Crippen LogP contribution is 2.27. The highest BCUT2D eigenvalue weighted by Gasteiger charge is 2.23. The predicted octanol–water partition coefficient (Wildman–Crippen LogP) is 1.86. The SMILES string of the molecule is O=C1CCCN1c1ccncc1Cl. The van der Waals surface area contributed by atoms with Crippen molar-refractivity contribution in [2.45, 2.75) is 12.8 Å². The summed E-state index contributed by atoms with van der Waals surface area (Å²) in [7, 11) is 0.